The van der Waals surface area contributed by atoms with Crippen LogP contribution in [-0.4, -0.2) is 64.3 Å². The standard InChI is InChI=1S/C16H25N5O2/c1-4-14-18-12(2)11-15(19-14)17-6-5-16(23)21-9-7-20(8-10-21)13(3)22/h11H,4-10H2,1-3H3,(H,17,18,19). The Labute approximate surface area is 137 Å². The highest BCUT2D eigenvalue weighted by atomic mass is 16.2. The van der Waals surface area contributed by atoms with Gasteiger partial charge >= 0.3 is 0 Å². The molecule has 23 heavy (non-hydrogen) atoms. The van der Waals surface area contributed by atoms with Crippen LogP contribution in [0.5, 0.6) is 0 Å². The summed E-state index contributed by atoms with van der Waals surface area (Å²) >= 11 is 0. The number of piperazine rings is 1. The molecule has 0 atom stereocenters. The smallest absolute Gasteiger partial charge is 0.224 e. The van der Waals surface area contributed by atoms with Gasteiger partial charge in [-0.1, -0.05) is 6.92 Å². The third kappa shape index (κ3) is 4.91. The minimum atomic E-state index is 0.0737. The quantitative estimate of drug-likeness (QED) is 0.870. The van der Waals surface area contributed by atoms with E-state index in [2.05, 4.69) is 15.3 Å². The minimum absolute atomic E-state index is 0.0737. The third-order valence-corrected chi connectivity index (χ3v) is 3.94. The fraction of sp³-hybridized carbons (Fsp3) is 0.625. The fourth-order valence-corrected chi connectivity index (χ4v) is 2.61. The first-order valence-corrected chi connectivity index (χ1v) is 8.11. The topological polar surface area (TPSA) is 78.4 Å². The van der Waals surface area contributed by atoms with E-state index in [4.69, 9.17) is 0 Å². The van der Waals surface area contributed by atoms with Crippen molar-refractivity contribution in [2.75, 3.05) is 38.0 Å². The molecule has 1 aliphatic heterocycles. The van der Waals surface area contributed by atoms with Crippen molar-refractivity contribution in [1.82, 2.24) is 19.8 Å². The van der Waals surface area contributed by atoms with Gasteiger partial charge < -0.3 is 15.1 Å². The molecule has 1 aromatic heterocycles. The monoisotopic (exact) mass is 319 g/mol. The number of nitrogens with zero attached hydrogens (tertiary/aromatic N) is 4. The molecule has 1 N–H and O–H groups in total. The molecule has 1 fully saturated rings. The van der Waals surface area contributed by atoms with Gasteiger partial charge in [0.05, 0.1) is 0 Å². The summed E-state index contributed by atoms with van der Waals surface area (Å²) in [6.07, 6.45) is 1.21. The van der Waals surface area contributed by atoms with Gasteiger partial charge in [-0.05, 0) is 6.92 Å². The molecule has 2 amide bonds. The lowest BCUT2D eigenvalue weighted by Gasteiger charge is -2.34. The normalized spacial score (nSPS) is 14.7. The Morgan fingerprint density at radius 1 is 1.17 bits per heavy atom. The van der Waals surface area contributed by atoms with E-state index < -0.39 is 0 Å². The average molecular weight is 319 g/mol. The van der Waals surface area contributed by atoms with Crippen molar-refractivity contribution < 1.29 is 9.59 Å². The molecule has 0 bridgehead atoms. The second-order valence-corrected chi connectivity index (χ2v) is 5.73. The van der Waals surface area contributed by atoms with E-state index in [9.17, 15) is 9.59 Å². The van der Waals surface area contributed by atoms with Gasteiger partial charge in [-0.2, -0.15) is 0 Å². The number of rotatable bonds is 5. The van der Waals surface area contributed by atoms with Gasteiger partial charge in [0.2, 0.25) is 11.8 Å². The lowest BCUT2D eigenvalue weighted by atomic mass is 10.2. The van der Waals surface area contributed by atoms with Crippen LogP contribution in [0.3, 0.4) is 0 Å². The first kappa shape index (κ1) is 17.2. The molecule has 7 nitrogen and oxygen atoms in total. The van der Waals surface area contributed by atoms with Crippen molar-refractivity contribution in [3.63, 3.8) is 0 Å². The number of nitrogens with one attached hydrogen (secondary N) is 1. The molecule has 2 rings (SSSR count). The molecular weight excluding hydrogens is 294 g/mol. The maximum atomic E-state index is 12.2. The fourth-order valence-electron chi connectivity index (χ4n) is 2.61. The van der Waals surface area contributed by atoms with Gasteiger partial charge in [0, 0.05) is 64.2 Å². The lowest BCUT2D eigenvalue weighted by molar-refractivity contribution is -0.138. The molecule has 7 heteroatoms. The number of hydrogen-bond donors (Lipinski definition) is 1. The SMILES string of the molecule is CCc1nc(C)cc(NCCC(=O)N2CCN(C(C)=O)CC2)n1. The van der Waals surface area contributed by atoms with Crippen molar-refractivity contribution in [3.8, 4) is 0 Å². The number of carbonyl (C=O) groups is 2. The summed E-state index contributed by atoms with van der Waals surface area (Å²) in [4.78, 5) is 35.8. The van der Waals surface area contributed by atoms with Gasteiger partial charge in [-0.3, -0.25) is 9.59 Å². The van der Waals surface area contributed by atoms with Crippen molar-refractivity contribution in [1.29, 1.82) is 0 Å². The molecule has 1 aliphatic rings. The largest absolute Gasteiger partial charge is 0.369 e. The Kier molecular flexibility index (Phi) is 5.90. The second kappa shape index (κ2) is 7.89. The number of hydrogen-bond acceptors (Lipinski definition) is 5. The molecule has 0 saturated carbocycles. The van der Waals surface area contributed by atoms with Crippen LogP contribution in [0.1, 0.15) is 31.8 Å². The third-order valence-electron chi connectivity index (χ3n) is 3.94. The molecule has 0 unspecified atom stereocenters. The van der Waals surface area contributed by atoms with E-state index in [1.807, 2.05) is 24.8 Å². The Morgan fingerprint density at radius 3 is 2.43 bits per heavy atom. The zero-order valence-corrected chi connectivity index (χ0v) is 14.1. The van der Waals surface area contributed by atoms with E-state index in [1.54, 1.807) is 11.8 Å². The summed E-state index contributed by atoms with van der Waals surface area (Å²) < 4.78 is 0. The van der Waals surface area contributed by atoms with Crippen molar-refractivity contribution in [2.24, 2.45) is 0 Å². The summed E-state index contributed by atoms with van der Waals surface area (Å²) in [5, 5.41) is 3.19. The molecule has 1 saturated heterocycles. The van der Waals surface area contributed by atoms with Crippen LogP contribution in [0, 0.1) is 6.92 Å². The molecule has 126 valence electrons. The minimum Gasteiger partial charge on any atom is -0.369 e. The van der Waals surface area contributed by atoms with Gasteiger partial charge in [0.1, 0.15) is 11.6 Å². The number of amides is 2. The van der Waals surface area contributed by atoms with E-state index in [-0.39, 0.29) is 11.8 Å². The molecule has 0 spiro atoms. The molecule has 0 radical (unpaired) electrons. The molecule has 0 aliphatic carbocycles. The van der Waals surface area contributed by atoms with E-state index >= 15 is 0 Å². The molecule has 0 aromatic carbocycles. The summed E-state index contributed by atoms with van der Waals surface area (Å²) in [7, 11) is 0. The summed E-state index contributed by atoms with van der Waals surface area (Å²) in [5.41, 5.74) is 0.922. The first-order chi connectivity index (χ1) is 11.0. The Morgan fingerprint density at radius 2 is 1.83 bits per heavy atom. The highest BCUT2D eigenvalue weighted by molar-refractivity contribution is 5.77. The maximum Gasteiger partial charge on any atom is 0.224 e. The van der Waals surface area contributed by atoms with Crippen LogP contribution in [0.4, 0.5) is 5.82 Å². The van der Waals surface area contributed by atoms with Crippen LogP contribution in [-0.2, 0) is 16.0 Å². The van der Waals surface area contributed by atoms with Gasteiger partial charge in [0.25, 0.3) is 0 Å². The maximum absolute atomic E-state index is 12.2. The lowest BCUT2D eigenvalue weighted by Crippen LogP contribution is -2.50. The first-order valence-electron chi connectivity index (χ1n) is 8.11. The highest BCUT2D eigenvalue weighted by Crippen LogP contribution is 2.08. The van der Waals surface area contributed by atoms with Crippen molar-refractivity contribution >= 4 is 17.6 Å². The van der Waals surface area contributed by atoms with Crippen LogP contribution in [0.15, 0.2) is 6.07 Å². The summed E-state index contributed by atoms with van der Waals surface area (Å²) in [5.74, 6) is 1.76. The molecular formula is C16H25N5O2. The van der Waals surface area contributed by atoms with Crippen LogP contribution >= 0.6 is 0 Å². The zero-order chi connectivity index (χ0) is 16.8. The van der Waals surface area contributed by atoms with Gasteiger partial charge in [0.15, 0.2) is 0 Å². The average Bonchev–Trinajstić information content (AvgIpc) is 2.54. The second-order valence-electron chi connectivity index (χ2n) is 5.73. The predicted octanol–water partition coefficient (Wildman–Crippen LogP) is 0.840. The highest BCUT2D eigenvalue weighted by Gasteiger charge is 2.21. The molecule has 2 heterocycles. The van der Waals surface area contributed by atoms with E-state index in [1.165, 1.54) is 0 Å². The Hall–Kier alpha value is -2.18. The van der Waals surface area contributed by atoms with E-state index in [0.29, 0.717) is 39.1 Å². The van der Waals surface area contributed by atoms with Gasteiger partial charge in [-0.15, -0.1) is 0 Å². The Bertz CT molecular complexity index is 568. The number of aromatic nitrogens is 2. The number of aryl methyl sites for hydroxylation is 2. The summed E-state index contributed by atoms with van der Waals surface area (Å²) in [6.45, 7) is 8.55. The predicted molar refractivity (Wildman–Crippen MR) is 88.1 cm³/mol. The summed E-state index contributed by atoms with van der Waals surface area (Å²) in [6, 6.07) is 1.88. The van der Waals surface area contributed by atoms with Crippen molar-refractivity contribution in [2.45, 2.75) is 33.6 Å². The van der Waals surface area contributed by atoms with E-state index in [0.717, 1.165) is 23.8 Å². The molecule has 1 aromatic rings. The number of anilines is 1. The van der Waals surface area contributed by atoms with Crippen molar-refractivity contribution in [3.05, 3.63) is 17.6 Å². The zero-order valence-electron chi connectivity index (χ0n) is 14.1. The number of carbonyl (C=O) groups excluding carboxylic acids is 2. The Balaban J connectivity index is 1.77. The van der Waals surface area contributed by atoms with Crippen LogP contribution in [0.25, 0.3) is 0 Å². The van der Waals surface area contributed by atoms with Crippen LogP contribution < -0.4 is 5.32 Å². The van der Waals surface area contributed by atoms with Gasteiger partial charge in [-0.25, -0.2) is 9.97 Å². The van der Waals surface area contributed by atoms with Crippen LogP contribution in [0.2, 0.25) is 0 Å².